The number of aliphatic imine (C=N–C) groups is 1. The van der Waals surface area contributed by atoms with Gasteiger partial charge in [-0.25, -0.2) is 0 Å². The summed E-state index contributed by atoms with van der Waals surface area (Å²) in [6, 6.07) is 5.60. The third-order valence-corrected chi connectivity index (χ3v) is 4.12. The van der Waals surface area contributed by atoms with E-state index in [9.17, 15) is 4.79 Å². The summed E-state index contributed by atoms with van der Waals surface area (Å²) in [4.78, 5) is 19.1. The molecule has 0 aliphatic carbocycles. The lowest BCUT2D eigenvalue weighted by atomic mass is 9.89. The number of likely N-dealkylation sites (tertiary alicyclic amines) is 1. The second-order valence-corrected chi connectivity index (χ2v) is 5.64. The first-order chi connectivity index (χ1) is 10.2. The number of Topliss-reactive ketones (excluding diaryl/α,β-unsaturated/α-hetero) is 1. The minimum atomic E-state index is 0.116. The molecule has 1 atom stereocenters. The van der Waals surface area contributed by atoms with E-state index in [1.165, 1.54) is 0 Å². The van der Waals surface area contributed by atoms with Crippen molar-refractivity contribution >= 4 is 24.3 Å². The lowest BCUT2D eigenvalue weighted by Gasteiger charge is -2.31. The number of benzene rings is 1. The summed E-state index contributed by atoms with van der Waals surface area (Å²) >= 11 is 0. The van der Waals surface area contributed by atoms with Gasteiger partial charge in [-0.15, -0.1) is 0 Å². The fraction of sp³-hybridized carbons (Fsp3) is 0.444. The van der Waals surface area contributed by atoms with Gasteiger partial charge in [0, 0.05) is 23.6 Å². The summed E-state index contributed by atoms with van der Waals surface area (Å²) in [5, 5.41) is 0. The van der Waals surface area contributed by atoms with E-state index in [2.05, 4.69) is 30.1 Å². The molecule has 2 rings (SSSR count). The van der Waals surface area contributed by atoms with Crippen LogP contribution in [-0.4, -0.2) is 37.0 Å². The zero-order valence-corrected chi connectivity index (χ0v) is 12.8. The molecule has 0 radical (unpaired) electrons. The highest BCUT2D eigenvalue weighted by atomic mass is 16.1. The van der Waals surface area contributed by atoms with Crippen molar-refractivity contribution in [2.75, 3.05) is 19.6 Å². The van der Waals surface area contributed by atoms with Gasteiger partial charge in [0.25, 0.3) is 0 Å². The number of nitrogens with zero attached hydrogens (tertiary/aromatic N) is 2. The van der Waals surface area contributed by atoms with Crippen molar-refractivity contribution < 1.29 is 4.79 Å². The van der Waals surface area contributed by atoms with E-state index < -0.39 is 0 Å². The number of ketones is 1. The standard InChI is InChI=1S/C18H24N2O/c1-4-10-20-11-6-7-16(13-20)18(21)15-8-9-17(19-3)14(5-2)12-15/h5,8-9,12,16H,2-4,6-7,10-11,13H2,1H3. The molecule has 0 amide bonds. The van der Waals surface area contributed by atoms with Crippen LogP contribution in [0.25, 0.3) is 6.08 Å². The van der Waals surface area contributed by atoms with E-state index in [0.717, 1.165) is 55.7 Å². The molecule has 112 valence electrons. The molecule has 1 unspecified atom stereocenters. The van der Waals surface area contributed by atoms with Crippen molar-refractivity contribution in [3.05, 3.63) is 35.9 Å². The molecular formula is C18H24N2O. The van der Waals surface area contributed by atoms with Gasteiger partial charge in [-0.2, -0.15) is 0 Å². The molecular weight excluding hydrogens is 260 g/mol. The number of piperidine rings is 1. The van der Waals surface area contributed by atoms with Gasteiger partial charge in [0.2, 0.25) is 0 Å². The van der Waals surface area contributed by atoms with Crippen molar-refractivity contribution in [2.45, 2.75) is 26.2 Å². The molecule has 1 fully saturated rings. The Hall–Kier alpha value is -1.74. The Balaban J connectivity index is 2.15. The van der Waals surface area contributed by atoms with E-state index in [0.29, 0.717) is 0 Å². The van der Waals surface area contributed by atoms with Crippen LogP contribution in [0.1, 0.15) is 42.1 Å². The predicted octanol–water partition coefficient (Wildman–Crippen LogP) is 3.97. The van der Waals surface area contributed by atoms with Crippen molar-refractivity contribution in [2.24, 2.45) is 10.9 Å². The van der Waals surface area contributed by atoms with Crippen molar-refractivity contribution in [3.8, 4) is 0 Å². The van der Waals surface area contributed by atoms with Crippen LogP contribution in [0.2, 0.25) is 0 Å². The van der Waals surface area contributed by atoms with Crippen LogP contribution in [-0.2, 0) is 0 Å². The summed E-state index contributed by atoms with van der Waals surface area (Å²) in [6.07, 6.45) is 4.97. The van der Waals surface area contributed by atoms with E-state index in [4.69, 9.17) is 0 Å². The summed E-state index contributed by atoms with van der Waals surface area (Å²) in [5.74, 6) is 0.361. The first-order valence-corrected chi connectivity index (χ1v) is 7.69. The maximum Gasteiger partial charge on any atom is 0.167 e. The van der Waals surface area contributed by atoms with Crippen LogP contribution in [0.3, 0.4) is 0 Å². The smallest absolute Gasteiger partial charge is 0.167 e. The average Bonchev–Trinajstić information content (AvgIpc) is 2.54. The fourth-order valence-electron chi connectivity index (χ4n) is 3.04. The van der Waals surface area contributed by atoms with Crippen LogP contribution in [0.15, 0.2) is 29.8 Å². The van der Waals surface area contributed by atoms with Crippen molar-refractivity contribution in [3.63, 3.8) is 0 Å². The van der Waals surface area contributed by atoms with Gasteiger partial charge in [-0.3, -0.25) is 9.79 Å². The van der Waals surface area contributed by atoms with Crippen LogP contribution < -0.4 is 0 Å². The molecule has 1 heterocycles. The normalized spacial score (nSPS) is 19.2. The number of carbonyl (C=O) groups excluding carboxylic acids is 1. The van der Waals surface area contributed by atoms with Gasteiger partial charge in [-0.1, -0.05) is 19.6 Å². The monoisotopic (exact) mass is 284 g/mol. The molecule has 1 aromatic rings. The Kier molecular flexibility index (Phi) is 5.45. The van der Waals surface area contributed by atoms with Crippen LogP contribution in [0.5, 0.6) is 0 Å². The van der Waals surface area contributed by atoms with Crippen LogP contribution >= 0.6 is 0 Å². The maximum absolute atomic E-state index is 12.7. The molecule has 3 nitrogen and oxygen atoms in total. The van der Waals surface area contributed by atoms with Gasteiger partial charge < -0.3 is 4.90 Å². The molecule has 0 aromatic heterocycles. The van der Waals surface area contributed by atoms with Gasteiger partial charge in [0.15, 0.2) is 5.78 Å². The minimum absolute atomic E-state index is 0.116. The quantitative estimate of drug-likeness (QED) is 0.585. The third-order valence-electron chi connectivity index (χ3n) is 4.12. The average molecular weight is 284 g/mol. The molecule has 21 heavy (non-hydrogen) atoms. The largest absolute Gasteiger partial charge is 0.303 e. The highest BCUT2D eigenvalue weighted by molar-refractivity contribution is 5.99. The lowest BCUT2D eigenvalue weighted by molar-refractivity contribution is 0.0820. The SMILES string of the molecule is C=Cc1cc(C(=O)C2CCCN(CCC)C2)ccc1N=C. The van der Waals surface area contributed by atoms with Gasteiger partial charge in [0.05, 0.1) is 5.69 Å². The zero-order valence-electron chi connectivity index (χ0n) is 12.8. The Morgan fingerprint density at radius 1 is 1.52 bits per heavy atom. The second-order valence-electron chi connectivity index (χ2n) is 5.64. The van der Waals surface area contributed by atoms with Gasteiger partial charge in [-0.05, 0) is 57.3 Å². The maximum atomic E-state index is 12.7. The van der Waals surface area contributed by atoms with Crippen molar-refractivity contribution in [1.29, 1.82) is 0 Å². The molecule has 1 aliphatic heterocycles. The molecule has 1 aromatic carbocycles. The van der Waals surface area contributed by atoms with E-state index in [1.54, 1.807) is 6.08 Å². The van der Waals surface area contributed by atoms with E-state index in [-0.39, 0.29) is 11.7 Å². The number of hydrogen-bond acceptors (Lipinski definition) is 3. The molecule has 1 saturated heterocycles. The number of hydrogen-bond donors (Lipinski definition) is 0. The van der Waals surface area contributed by atoms with Crippen LogP contribution in [0.4, 0.5) is 5.69 Å². The fourth-order valence-corrected chi connectivity index (χ4v) is 3.04. The highest BCUT2D eigenvalue weighted by Gasteiger charge is 2.26. The van der Waals surface area contributed by atoms with E-state index in [1.807, 2.05) is 18.2 Å². The minimum Gasteiger partial charge on any atom is -0.303 e. The molecule has 0 N–H and O–H groups in total. The Bertz CT molecular complexity index is 534. The van der Waals surface area contributed by atoms with E-state index >= 15 is 0 Å². The lowest BCUT2D eigenvalue weighted by Crippen LogP contribution is -2.39. The first-order valence-electron chi connectivity index (χ1n) is 7.69. The van der Waals surface area contributed by atoms with Crippen molar-refractivity contribution in [1.82, 2.24) is 4.90 Å². The third kappa shape index (κ3) is 3.67. The number of rotatable bonds is 6. The van der Waals surface area contributed by atoms with Gasteiger partial charge in [0.1, 0.15) is 0 Å². The Morgan fingerprint density at radius 3 is 3.00 bits per heavy atom. The summed E-state index contributed by atoms with van der Waals surface area (Å²) in [7, 11) is 0. The molecule has 1 aliphatic rings. The number of carbonyl (C=O) groups is 1. The molecule has 3 heteroatoms. The molecule has 0 spiro atoms. The molecule has 0 bridgehead atoms. The molecule has 0 saturated carbocycles. The second kappa shape index (κ2) is 7.32. The zero-order chi connectivity index (χ0) is 15.2. The Morgan fingerprint density at radius 2 is 2.33 bits per heavy atom. The highest BCUT2D eigenvalue weighted by Crippen LogP contribution is 2.25. The topological polar surface area (TPSA) is 32.7 Å². The Labute approximate surface area is 127 Å². The van der Waals surface area contributed by atoms with Gasteiger partial charge >= 0.3 is 0 Å². The van der Waals surface area contributed by atoms with Crippen LogP contribution in [0, 0.1) is 5.92 Å². The predicted molar refractivity (Wildman–Crippen MR) is 89.5 cm³/mol. The first kappa shape index (κ1) is 15.6. The summed E-state index contributed by atoms with van der Waals surface area (Å²) in [6.45, 7) is 12.6. The summed E-state index contributed by atoms with van der Waals surface area (Å²) in [5.41, 5.74) is 2.41. The summed E-state index contributed by atoms with van der Waals surface area (Å²) < 4.78 is 0.